The SMILES string of the molecule is CC(=NNC(=O)CNc1ccc(Cl)cc1C)c1ccc(F)cc1. The van der Waals surface area contributed by atoms with Crippen molar-refractivity contribution >= 4 is 28.9 Å². The first kappa shape index (κ1) is 17.0. The molecule has 120 valence electrons. The Bertz CT molecular complexity index is 729. The highest BCUT2D eigenvalue weighted by Gasteiger charge is 2.04. The molecule has 0 saturated heterocycles. The summed E-state index contributed by atoms with van der Waals surface area (Å²) in [6.45, 7) is 3.73. The molecular weight excluding hydrogens is 317 g/mol. The number of hydrogen-bond donors (Lipinski definition) is 2. The van der Waals surface area contributed by atoms with Gasteiger partial charge in [0.15, 0.2) is 0 Å². The van der Waals surface area contributed by atoms with E-state index in [4.69, 9.17) is 11.6 Å². The first-order valence-corrected chi connectivity index (χ1v) is 7.42. The molecule has 4 nitrogen and oxygen atoms in total. The van der Waals surface area contributed by atoms with Crippen LogP contribution in [0.1, 0.15) is 18.1 Å². The van der Waals surface area contributed by atoms with E-state index in [-0.39, 0.29) is 18.3 Å². The Morgan fingerprint density at radius 1 is 1.22 bits per heavy atom. The fraction of sp³-hybridized carbons (Fsp3) is 0.176. The maximum absolute atomic E-state index is 12.9. The van der Waals surface area contributed by atoms with Gasteiger partial charge in [-0.1, -0.05) is 23.7 Å². The zero-order valence-corrected chi connectivity index (χ0v) is 13.6. The third-order valence-electron chi connectivity index (χ3n) is 3.24. The van der Waals surface area contributed by atoms with E-state index in [1.807, 2.05) is 19.1 Å². The van der Waals surface area contributed by atoms with E-state index < -0.39 is 0 Å². The molecule has 0 heterocycles. The maximum Gasteiger partial charge on any atom is 0.259 e. The number of hydrazone groups is 1. The van der Waals surface area contributed by atoms with Gasteiger partial charge in [0.1, 0.15) is 5.82 Å². The van der Waals surface area contributed by atoms with Gasteiger partial charge in [-0.15, -0.1) is 0 Å². The molecule has 2 N–H and O–H groups in total. The summed E-state index contributed by atoms with van der Waals surface area (Å²) >= 11 is 5.88. The number of carbonyl (C=O) groups is 1. The third-order valence-corrected chi connectivity index (χ3v) is 3.47. The summed E-state index contributed by atoms with van der Waals surface area (Å²) in [4.78, 5) is 11.8. The fourth-order valence-electron chi connectivity index (χ4n) is 1.94. The number of nitrogens with zero attached hydrogens (tertiary/aromatic N) is 1. The van der Waals surface area contributed by atoms with Gasteiger partial charge in [0.05, 0.1) is 12.3 Å². The van der Waals surface area contributed by atoms with E-state index in [0.29, 0.717) is 10.7 Å². The monoisotopic (exact) mass is 333 g/mol. The Morgan fingerprint density at radius 2 is 1.91 bits per heavy atom. The molecule has 0 aliphatic heterocycles. The average Bonchev–Trinajstić information content (AvgIpc) is 2.52. The molecule has 0 unspecified atom stereocenters. The second-order valence-corrected chi connectivity index (χ2v) is 5.49. The van der Waals surface area contributed by atoms with E-state index in [1.54, 1.807) is 25.1 Å². The second kappa shape index (κ2) is 7.74. The van der Waals surface area contributed by atoms with Crippen molar-refractivity contribution < 1.29 is 9.18 Å². The van der Waals surface area contributed by atoms with Crippen molar-refractivity contribution in [1.29, 1.82) is 0 Å². The van der Waals surface area contributed by atoms with Gasteiger partial charge >= 0.3 is 0 Å². The van der Waals surface area contributed by atoms with Crippen LogP contribution in [0.2, 0.25) is 5.02 Å². The molecule has 0 aliphatic carbocycles. The summed E-state index contributed by atoms with van der Waals surface area (Å²) in [5.41, 5.74) is 5.60. The lowest BCUT2D eigenvalue weighted by Gasteiger charge is -2.09. The van der Waals surface area contributed by atoms with Gasteiger partial charge in [-0.25, -0.2) is 9.82 Å². The Balaban J connectivity index is 1.89. The van der Waals surface area contributed by atoms with Gasteiger partial charge in [0, 0.05) is 10.7 Å². The summed E-state index contributed by atoms with van der Waals surface area (Å²) in [5.74, 6) is -0.589. The lowest BCUT2D eigenvalue weighted by molar-refractivity contribution is -0.119. The molecule has 1 amide bonds. The Labute approximate surface area is 139 Å². The summed E-state index contributed by atoms with van der Waals surface area (Å²) in [6.07, 6.45) is 0. The van der Waals surface area contributed by atoms with Crippen LogP contribution < -0.4 is 10.7 Å². The number of aryl methyl sites for hydroxylation is 1. The lowest BCUT2D eigenvalue weighted by Crippen LogP contribution is -2.27. The van der Waals surface area contributed by atoms with Crippen LogP contribution in [0.4, 0.5) is 10.1 Å². The largest absolute Gasteiger partial charge is 0.376 e. The van der Waals surface area contributed by atoms with E-state index >= 15 is 0 Å². The van der Waals surface area contributed by atoms with E-state index in [9.17, 15) is 9.18 Å². The first-order chi connectivity index (χ1) is 11.0. The predicted octanol–water partition coefficient (Wildman–Crippen LogP) is 3.74. The Morgan fingerprint density at radius 3 is 2.57 bits per heavy atom. The molecule has 2 aromatic carbocycles. The van der Waals surface area contributed by atoms with Crippen molar-refractivity contribution in [3.8, 4) is 0 Å². The number of nitrogens with one attached hydrogen (secondary N) is 2. The number of rotatable bonds is 5. The molecule has 0 atom stereocenters. The zero-order chi connectivity index (χ0) is 16.8. The normalized spacial score (nSPS) is 11.2. The molecule has 0 spiro atoms. The molecule has 6 heteroatoms. The third kappa shape index (κ3) is 5.07. The smallest absolute Gasteiger partial charge is 0.259 e. The van der Waals surface area contributed by atoms with Crippen LogP contribution in [0.15, 0.2) is 47.6 Å². The van der Waals surface area contributed by atoms with Crippen LogP contribution in [-0.4, -0.2) is 18.2 Å². The van der Waals surface area contributed by atoms with Crippen molar-refractivity contribution in [2.75, 3.05) is 11.9 Å². The van der Waals surface area contributed by atoms with Crippen molar-refractivity contribution in [3.63, 3.8) is 0 Å². The minimum absolute atomic E-state index is 0.0860. The first-order valence-electron chi connectivity index (χ1n) is 7.05. The minimum Gasteiger partial charge on any atom is -0.376 e. The highest BCUT2D eigenvalue weighted by Crippen LogP contribution is 2.19. The molecule has 2 rings (SSSR count). The van der Waals surface area contributed by atoms with Crippen LogP contribution >= 0.6 is 11.6 Å². The summed E-state index contributed by atoms with van der Waals surface area (Å²) in [5, 5.41) is 7.68. The summed E-state index contributed by atoms with van der Waals surface area (Å²) in [6, 6.07) is 11.3. The Hall–Kier alpha value is -2.40. The van der Waals surface area contributed by atoms with Crippen LogP contribution in [0, 0.1) is 12.7 Å². The van der Waals surface area contributed by atoms with E-state index in [1.165, 1.54) is 12.1 Å². The summed E-state index contributed by atoms with van der Waals surface area (Å²) in [7, 11) is 0. The van der Waals surface area contributed by atoms with Gasteiger partial charge in [0.2, 0.25) is 0 Å². The van der Waals surface area contributed by atoms with Crippen LogP contribution in [-0.2, 0) is 4.79 Å². The average molecular weight is 334 g/mol. The fourth-order valence-corrected chi connectivity index (χ4v) is 2.17. The van der Waals surface area contributed by atoms with Gasteiger partial charge in [-0.2, -0.15) is 5.10 Å². The zero-order valence-electron chi connectivity index (χ0n) is 12.9. The quantitative estimate of drug-likeness (QED) is 0.647. The van der Waals surface area contributed by atoms with Gasteiger partial charge in [0.25, 0.3) is 5.91 Å². The molecule has 0 fully saturated rings. The number of halogens is 2. The van der Waals surface area contributed by atoms with Crippen LogP contribution in [0.25, 0.3) is 0 Å². The van der Waals surface area contributed by atoms with Crippen molar-refractivity contribution in [2.45, 2.75) is 13.8 Å². The molecule has 2 aromatic rings. The van der Waals surface area contributed by atoms with Crippen molar-refractivity contribution in [3.05, 3.63) is 64.4 Å². The Kier molecular flexibility index (Phi) is 5.71. The molecule has 0 saturated carbocycles. The van der Waals surface area contributed by atoms with Crippen LogP contribution in [0.5, 0.6) is 0 Å². The molecule has 0 aliphatic rings. The number of anilines is 1. The van der Waals surface area contributed by atoms with E-state index in [0.717, 1.165) is 16.8 Å². The van der Waals surface area contributed by atoms with Crippen molar-refractivity contribution in [2.24, 2.45) is 5.10 Å². The van der Waals surface area contributed by atoms with E-state index in [2.05, 4.69) is 15.8 Å². The van der Waals surface area contributed by atoms with Gasteiger partial charge in [-0.3, -0.25) is 4.79 Å². The predicted molar refractivity (Wildman–Crippen MR) is 91.4 cm³/mol. The molecular formula is C17H17ClFN3O. The number of benzene rings is 2. The minimum atomic E-state index is -0.312. The topological polar surface area (TPSA) is 53.5 Å². The molecule has 23 heavy (non-hydrogen) atoms. The van der Waals surface area contributed by atoms with Crippen molar-refractivity contribution in [1.82, 2.24) is 5.43 Å². The number of amides is 1. The molecule has 0 aromatic heterocycles. The van der Waals surface area contributed by atoms with Crippen LogP contribution in [0.3, 0.4) is 0 Å². The standard InChI is InChI=1S/C17H17ClFN3O/c1-11-9-14(18)5-8-16(11)20-10-17(23)22-21-12(2)13-3-6-15(19)7-4-13/h3-9,20H,10H2,1-2H3,(H,22,23). The lowest BCUT2D eigenvalue weighted by atomic mass is 10.1. The van der Waals surface area contributed by atoms with Gasteiger partial charge in [-0.05, 0) is 55.3 Å². The second-order valence-electron chi connectivity index (χ2n) is 5.05. The van der Waals surface area contributed by atoms with Gasteiger partial charge < -0.3 is 5.32 Å². The number of hydrogen-bond acceptors (Lipinski definition) is 3. The maximum atomic E-state index is 12.9. The highest BCUT2D eigenvalue weighted by molar-refractivity contribution is 6.30. The summed E-state index contributed by atoms with van der Waals surface area (Å²) < 4.78 is 12.9. The molecule has 0 bridgehead atoms. The number of carbonyl (C=O) groups excluding carboxylic acids is 1. The molecule has 0 radical (unpaired) electrons. The highest BCUT2D eigenvalue weighted by atomic mass is 35.5.